The lowest BCUT2D eigenvalue weighted by atomic mass is 10.0. The molecule has 5 heteroatoms. The number of aliphatic carboxylic acids is 1. The number of amides is 1. The third-order valence-corrected chi connectivity index (χ3v) is 3.87. The summed E-state index contributed by atoms with van der Waals surface area (Å²) in [5.41, 5.74) is 0. The number of rotatable bonds is 8. The predicted octanol–water partition coefficient (Wildman–Crippen LogP) is 1.34. The quantitative estimate of drug-likeness (QED) is 0.698. The molecule has 0 bridgehead atoms. The van der Waals surface area contributed by atoms with Gasteiger partial charge in [-0.05, 0) is 38.8 Å². The minimum atomic E-state index is -0.768. The molecule has 1 aliphatic rings. The van der Waals surface area contributed by atoms with Gasteiger partial charge in [-0.2, -0.15) is 0 Å². The van der Waals surface area contributed by atoms with E-state index in [1.54, 1.807) is 0 Å². The molecule has 1 amide bonds. The number of carbonyl (C=O) groups is 2. The molecule has 19 heavy (non-hydrogen) atoms. The van der Waals surface area contributed by atoms with Crippen molar-refractivity contribution in [2.45, 2.75) is 39.5 Å². The largest absolute Gasteiger partial charge is 0.481 e. The molecule has 110 valence electrons. The topological polar surface area (TPSA) is 69.6 Å². The Balaban J connectivity index is 2.23. The van der Waals surface area contributed by atoms with Crippen LogP contribution in [0.25, 0.3) is 0 Å². The third-order valence-electron chi connectivity index (χ3n) is 3.87. The van der Waals surface area contributed by atoms with E-state index in [-0.39, 0.29) is 17.7 Å². The van der Waals surface area contributed by atoms with Gasteiger partial charge >= 0.3 is 5.97 Å². The predicted molar refractivity (Wildman–Crippen MR) is 73.9 cm³/mol. The van der Waals surface area contributed by atoms with Gasteiger partial charge in [0.1, 0.15) is 0 Å². The Morgan fingerprint density at radius 2 is 1.89 bits per heavy atom. The highest BCUT2D eigenvalue weighted by molar-refractivity contribution is 5.80. The van der Waals surface area contributed by atoms with Gasteiger partial charge in [-0.3, -0.25) is 9.59 Å². The van der Waals surface area contributed by atoms with Crippen LogP contribution in [0.2, 0.25) is 0 Å². The second-order valence-electron chi connectivity index (χ2n) is 5.27. The SMILES string of the molecule is CCCN(CC)CCNC(=O)C1CCC(C(=O)O)C1. The zero-order chi connectivity index (χ0) is 14.3. The first-order valence-corrected chi connectivity index (χ1v) is 7.31. The van der Waals surface area contributed by atoms with E-state index >= 15 is 0 Å². The van der Waals surface area contributed by atoms with Gasteiger partial charge in [0.2, 0.25) is 5.91 Å². The lowest BCUT2D eigenvalue weighted by Gasteiger charge is -2.20. The van der Waals surface area contributed by atoms with Crippen LogP contribution in [-0.4, -0.2) is 48.1 Å². The van der Waals surface area contributed by atoms with Gasteiger partial charge in [-0.25, -0.2) is 0 Å². The highest BCUT2D eigenvalue weighted by Crippen LogP contribution is 2.30. The summed E-state index contributed by atoms with van der Waals surface area (Å²) < 4.78 is 0. The van der Waals surface area contributed by atoms with E-state index in [2.05, 4.69) is 24.1 Å². The van der Waals surface area contributed by atoms with Crippen molar-refractivity contribution in [3.63, 3.8) is 0 Å². The maximum absolute atomic E-state index is 11.9. The molecule has 1 fully saturated rings. The number of hydrogen-bond acceptors (Lipinski definition) is 3. The van der Waals surface area contributed by atoms with Crippen molar-refractivity contribution in [2.24, 2.45) is 11.8 Å². The van der Waals surface area contributed by atoms with Gasteiger partial charge in [0.15, 0.2) is 0 Å². The van der Waals surface area contributed by atoms with Gasteiger partial charge in [-0.15, -0.1) is 0 Å². The number of carboxylic acids is 1. The number of hydrogen-bond donors (Lipinski definition) is 2. The molecular formula is C14H26N2O3. The third kappa shape index (κ3) is 5.19. The minimum absolute atomic E-state index is 0.0244. The van der Waals surface area contributed by atoms with Crippen LogP contribution in [-0.2, 0) is 9.59 Å². The second kappa shape index (κ2) is 8.15. The fourth-order valence-corrected chi connectivity index (χ4v) is 2.67. The number of nitrogens with one attached hydrogen (secondary N) is 1. The van der Waals surface area contributed by atoms with Crippen molar-refractivity contribution < 1.29 is 14.7 Å². The Labute approximate surface area is 115 Å². The summed E-state index contributed by atoms with van der Waals surface area (Å²) >= 11 is 0. The number of carbonyl (C=O) groups excluding carboxylic acids is 1. The number of nitrogens with zero attached hydrogens (tertiary/aromatic N) is 1. The van der Waals surface area contributed by atoms with Crippen LogP contribution >= 0.6 is 0 Å². The van der Waals surface area contributed by atoms with Crippen LogP contribution in [0.4, 0.5) is 0 Å². The molecule has 5 nitrogen and oxygen atoms in total. The van der Waals surface area contributed by atoms with Crippen molar-refractivity contribution >= 4 is 11.9 Å². The Morgan fingerprint density at radius 3 is 2.42 bits per heavy atom. The number of carboxylic acid groups (broad SMARTS) is 1. The lowest BCUT2D eigenvalue weighted by molar-refractivity contribution is -0.141. The molecule has 1 rings (SSSR count). The van der Waals surface area contributed by atoms with Gasteiger partial charge in [-0.1, -0.05) is 13.8 Å². The first-order chi connectivity index (χ1) is 9.08. The fraction of sp³-hybridized carbons (Fsp3) is 0.857. The average Bonchev–Trinajstić information content (AvgIpc) is 2.87. The molecule has 0 saturated heterocycles. The average molecular weight is 270 g/mol. The summed E-state index contributed by atoms with van der Waals surface area (Å²) in [6.45, 7) is 7.83. The molecule has 2 atom stereocenters. The molecule has 0 radical (unpaired) electrons. The summed E-state index contributed by atoms with van der Waals surface area (Å²) in [4.78, 5) is 25.1. The minimum Gasteiger partial charge on any atom is -0.481 e. The van der Waals surface area contributed by atoms with E-state index < -0.39 is 5.97 Å². The molecule has 2 N–H and O–H groups in total. The molecule has 2 unspecified atom stereocenters. The second-order valence-corrected chi connectivity index (χ2v) is 5.27. The summed E-state index contributed by atoms with van der Waals surface area (Å²) in [7, 11) is 0. The zero-order valence-corrected chi connectivity index (χ0v) is 12.0. The van der Waals surface area contributed by atoms with E-state index in [0.29, 0.717) is 25.8 Å². The van der Waals surface area contributed by atoms with E-state index in [1.165, 1.54) is 0 Å². The first-order valence-electron chi connectivity index (χ1n) is 7.31. The van der Waals surface area contributed by atoms with Gasteiger partial charge in [0, 0.05) is 19.0 Å². The Hall–Kier alpha value is -1.10. The van der Waals surface area contributed by atoms with Crippen LogP contribution in [0.3, 0.4) is 0 Å². The molecule has 1 aliphatic carbocycles. The summed E-state index contributed by atoms with van der Waals surface area (Å²) in [6, 6.07) is 0. The van der Waals surface area contributed by atoms with E-state index in [4.69, 9.17) is 5.11 Å². The normalized spacial score (nSPS) is 22.7. The van der Waals surface area contributed by atoms with E-state index in [9.17, 15) is 9.59 Å². The van der Waals surface area contributed by atoms with Crippen molar-refractivity contribution in [3.05, 3.63) is 0 Å². The van der Waals surface area contributed by atoms with Crippen LogP contribution in [0, 0.1) is 11.8 Å². The summed E-state index contributed by atoms with van der Waals surface area (Å²) in [5.74, 6) is -1.18. The van der Waals surface area contributed by atoms with Crippen LogP contribution < -0.4 is 5.32 Å². The maximum atomic E-state index is 11.9. The standard InChI is InChI=1S/C14H26N2O3/c1-3-8-16(4-2)9-7-15-13(17)11-5-6-12(10-11)14(18)19/h11-12H,3-10H2,1-2H3,(H,15,17)(H,18,19). The molecule has 0 aromatic carbocycles. The zero-order valence-electron chi connectivity index (χ0n) is 12.0. The Morgan fingerprint density at radius 1 is 1.21 bits per heavy atom. The van der Waals surface area contributed by atoms with E-state index in [0.717, 1.165) is 26.1 Å². The monoisotopic (exact) mass is 270 g/mol. The van der Waals surface area contributed by atoms with Crippen LogP contribution in [0.15, 0.2) is 0 Å². The van der Waals surface area contributed by atoms with Crippen LogP contribution in [0.1, 0.15) is 39.5 Å². The summed E-state index contributed by atoms with van der Waals surface area (Å²) in [5, 5.41) is 11.8. The summed E-state index contributed by atoms with van der Waals surface area (Å²) in [6.07, 6.45) is 2.94. The van der Waals surface area contributed by atoms with Crippen LogP contribution in [0.5, 0.6) is 0 Å². The first kappa shape index (κ1) is 16.0. The van der Waals surface area contributed by atoms with Crippen molar-refractivity contribution in [1.82, 2.24) is 10.2 Å². The fourth-order valence-electron chi connectivity index (χ4n) is 2.67. The molecule has 0 aromatic heterocycles. The molecule has 0 heterocycles. The molecule has 0 aromatic rings. The highest BCUT2D eigenvalue weighted by atomic mass is 16.4. The molecule has 0 aliphatic heterocycles. The number of likely N-dealkylation sites (N-methyl/N-ethyl adjacent to an activating group) is 1. The highest BCUT2D eigenvalue weighted by Gasteiger charge is 2.33. The van der Waals surface area contributed by atoms with Crippen molar-refractivity contribution in [3.8, 4) is 0 Å². The van der Waals surface area contributed by atoms with Gasteiger partial charge < -0.3 is 15.3 Å². The molecular weight excluding hydrogens is 244 g/mol. The smallest absolute Gasteiger partial charge is 0.306 e. The lowest BCUT2D eigenvalue weighted by Crippen LogP contribution is -2.37. The van der Waals surface area contributed by atoms with E-state index in [1.807, 2.05) is 0 Å². The van der Waals surface area contributed by atoms with Crippen molar-refractivity contribution in [1.29, 1.82) is 0 Å². The van der Waals surface area contributed by atoms with Crippen molar-refractivity contribution in [2.75, 3.05) is 26.2 Å². The van der Waals surface area contributed by atoms with Gasteiger partial charge in [0.25, 0.3) is 0 Å². The maximum Gasteiger partial charge on any atom is 0.306 e. The Bertz CT molecular complexity index is 307. The molecule has 0 spiro atoms. The Kier molecular flexibility index (Phi) is 6.84. The molecule has 1 saturated carbocycles. The van der Waals surface area contributed by atoms with Gasteiger partial charge in [0.05, 0.1) is 5.92 Å².